The van der Waals surface area contributed by atoms with E-state index in [1.165, 1.54) is 57.8 Å². The highest BCUT2D eigenvalue weighted by atomic mass is 31.2. The largest absolute Gasteiger partial charge is 0.472 e. The fourth-order valence-electron chi connectivity index (χ4n) is 5.74. The zero-order chi connectivity index (χ0) is 36.0. The molecule has 0 aromatic heterocycles. The van der Waals surface area contributed by atoms with Crippen molar-refractivity contribution in [2.45, 2.75) is 167 Å². The molecule has 49 heavy (non-hydrogen) atoms. The maximum atomic E-state index is 13.1. The normalized spacial score (nSPS) is 16.7. The van der Waals surface area contributed by atoms with Gasteiger partial charge in [-0.25, -0.2) is 4.57 Å². The average molecular weight is 718 g/mol. The average Bonchev–Trinajstić information content (AvgIpc) is 3.07. The number of ether oxygens (including phenoxy) is 3. The fraction of sp³-hybridized carbons (Fsp3) is 0.861. The molecule has 1 amide bonds. The van der Waals surface area contributed by atoms with E-state index in [0.29, 0.717) is 6.42 Å². The van der Waals surface area contributed by atoms with Crippen LogP contribution in [-0.2, 0) is 47.0 Å². The van der Waals surface area contributed by atoms with E-state index >= 15 is 0 Å². The molecule has 0 aromatic carbocycles. The molecule has 12 nitrogen and oxygen atoms in total. The molecule has 1 saturated carbocycles. The van der Waals surface area contributed by atoms with Crippen molar-refractivity contribution >= 4 is 31.6 Å². The van der Waals surface area contributed by atoms with E-state index in [2.05, 4.69) is 17.0 Å². The minimum Gasteiger partial charge on any atom is -0.461 e. The lowest BCUT2D eigenvalue weighted by Crippen LogP contribution is -2.31. The van der Waals surface area contributed by atoms with Crippen molar-refractivity contribution in [2.24, 2.45) is 5.92 Å². The predicted molar refractivity (Wildman–Crippen MR) is 186 cm³/mol. The molecule has 0 bridgehead atoms. The number of carbonyl (C=O) groups excluding carboxylic acids is 4. The van der Waals surface area contributed by atoms with Crippen molar-refractivity contribution < 1.29 is 51.9 Å². The van der Waals surface area contributed by atoms with Crippen LogP contribution in [-0.4, -0.2) is 61.2 Å². The van der Waals surface area contributed by atoms with Crippen LogP contribution in [0.1, 0.15) is 161 Å². The summed E-state index contributed by atoms with van der Waals surface area (Å²) in [6.45, 7) is 0.892. The molecule has 1 aliphatic carbocycles. The van der Waals surface area contributed by atoms with Crippen molar-refractivity contribution in [2.75, 3.05) is 26.4 Å². The SMILES string of the molecule is [CH]OC(=O)CCC(=O)NCCOP(=O)(O)OCC(COC(=O)C1CCCCCCCCCCC1)OC(=O)CCCCCCCCCCCC. The van der Waals surface area contributed by atoms with Gasteiger partial charge in [-0.05, 0) is 19.3 Å². The van der Waals surface area contributed by atoms with Crippen molar-refractivity contribution in [3.8, 4) is 0 Å². The van der Waals surface area contributed by atoms with Gasteiger partial charge in [-0.3, -0.25) is 28.2 Å². The summed E-state index contributed by atoms with van der Waals surface area (Å²) < 4.78 is 37.7. The Morgan fingerprint density at radius 2 is 1.29 bits per heavy atom. The fourth-order valence-corrected chi connectivity index (χ4v) is 6.49. The number of carbonyl (C=O) groups is 4. The van der Waals surface area contributed by atoms with Gasteiger partial charge in [0.2, 0.25) is 5.91 Å². The van der Waals surface area contributed by atoms with Crippen LogP contribution in [0, 0.1) is 13.0 Å². The Balaban J connectivity index is 2.60. The number of rotatable bonds is 25. The van der Waals surface area contributed by atoms with Gasteiger partial charge in [-0.1, -0.05) is 122 Å². The number of esters is 3. The zero-order valence-corrected chi connectivity index (χ0v) is 30.9. The van der Waals surface area contributed by atoms with Gasteiger partial charge >= 0.3 is 25.7 Å². The Morgan fingerprint density at radius 3 is 1.86 bits per heavy atom. The van der Waals surface area contributed by atoms with Crippen LogP contribution in [0.3, 0.4) is 0 Å². The molecule has 1 fully saturated rings. The Bertz CT molecular complexity index is 936. The van der Waals surface area contributed by atoms with Crippen molar-refractivity contribution in [1.82, 2.24) is 5.32 Å². The first-order valence-electron chi connectivity index (χ1n) is 18.8. The van der Waals surface area contributed by atoms with Gasteiger partial charge < -0.3 is 24.4 Å². The van der Waals surface area contributed by atoms with E-state index in [9.17, 15) is 28.6 Å². The summed E-state index contributed by atoms with van der Waals surface area (Å²) in [6, 6.07) is 0. The molecule has 0 heterocycles. The predicted octanol–water partition coefficient (Wildman–Crippen LogP) is 7.92. The molecule has 2 unspecified atom stereocenters. The van der Waals surface area contributed by atoms with Gasteiger partial charge in [0.05, 0.1) is 25.6 Å². The Hall–Kier alpha value is -2.01. The van der Waals surface area contributed by atoms with E-state index < -0.39 is 38.4 Å². The van der Waals surface area contributed by atoms with Crippen LogP contribution in [0.2, 0.25) is 0 Å². The van der Waals surface area contributed by atoms with Gasteiger partial charge in [0, 0.05) is 19.4 Å². The van der Waals surface area contributed by atoms with Gasteiger partial charge in [-0.15, -0.1) is 0 Å². The van der Waals surface area contributed by atoms with Crippen LogP contribution < -0.4 is 5.32 Å². The number of phosphoric ester groups is 1. The van der Waals surface area contributed by atoms with Gasteiger partial charge in [0.15, 0.2) is 13.2 Å². The third-order valence-electron chi connectivity index (χ3n) is 8.67. The van der Waals surface area contributed by atoms with Crippen LogP contribution >= 0.6 is 7.82 Å². The molecule has 2 atom stereocenters. The van der Waals surface area contributed by atoms with Crippen LogP contribution in [0.4, 0.5) is 0 Å². The summed E-state index contributed by atoms with van der Waals surface area (Å²) in [6.07, 6.45) is 21.5. The molecule has 2 N–H and O–H groups in total. The zero-order valence-electron chi connectivity index (χ0n) is 30.0. The minimum absolute atomic E-state index is 0.124. The summed E-state index contributed by atoms with van der Waals surface area (Å²) in [5.74, 6) is -2.34. The van der Waals surface area contributed by atoms with E-state index in [4.69, 9.17) is 25.6 Å². The number of unbranched alkanes of at least 4 members (excludes halogenated alkanes) is 9. The standard InChI is InChI=1S/C36H64NO11P/c1-3-4-5-6-7-8-12-15-18-21-24-35(40)48-32(29-45-36(41)31-22-19-16-13-10-9-11-14-17-20-23-31)30-47-49(42,43)46-28-27-37-33(38)25-26-34(39)44-2/h2,31-32H,3-30H2,1H3,(H,37,38)(H,42,43). The second-order valence-corrected chi connectivity index (χ2v) is 14.5. The monoisotopic (exact) mass is 717 g/mol. The van der Waals surface area contributed by atoms with Crippen LogP contribution in [0.15, 0.2) is 0 Å². The highest BCUT2D eigenvalue weighted by molar-refractivity contribution is 7.47. The van der Waals surface area contributed by atoms with E-state index in [1.807, 2.05) is 0 Å². The molecule has 284 valence electrons. The molecule has 1 aliphatic rings. The topological polar surface area (TPSA) is 164 Å². The highest BCUT2D eigenvalue weighted by Gasteiger charge is 2.27. The lowest BCUT2D eigenvalue weighted by Gasteiger charge is -2.22. The van der Waals surface area contributed by atoms with Crippen LogP contribution in [0.5, 0.6) is 0 Å². The third kappa shape index (κ3) is 26.5. The molecule has 0 spiro atoms. The minimum atomic E-state index is -4.61. The number of hydrogen-bond donors (Lipinski definition) is 2. The summed E-state index contributed by atoms with van der Waals surface area (Å²) in [4.78, 5) is 58.8. The van der Waals surface area contributed by atoms with Crippen molar-refractivity contribution in [1.29, 1.82) is 0 Å². The number of amides is 1. The Labute approximate surface area is 295 Å². The Kier molecular flexibility index (Phi) is 27.3. The molecule has 1 rings (SSSR count). The molecule has 0 saturated heterocycles. The van der Waals surface area contributed by atoms with Crippen LogP contribution in [0.25, 0.3) is 0 Å². The molecule has 0 aromatic rings. The van der Waals surface area contributed by atoms with Crippen molar-refractivity contribution in [3.63, 3.8) is 0 Å². The third-order valence-corrected chi connectivity index (χ3v) is 9.66. The number of hydrogen-bond acceptors (Lipinski definition) is 10. The maximum Gasteiger partial charge on any atom is 0.472 e. The number of phosphoric acid groups is 1. The summed E-state index contributed by atoms with van der Waals surface area (Å²) >= 11 is 0. The molecular formula is C36H64NO11P. The summed E-state index contributed by atoms with van der Waals surface area (Å²) in [7, 11) is 0.125. The maximum absolute atomic E-state index is 13.1. The quantitative estimate of drug-likeness (QED) is 0.0408. The Morgan fingerprint density at radius 1 is 0.735 bits per heavy atom. The molecular weight excluding hydrogens is 653 g/mol. The van der Waals surface area contributed by atoms with Crippen molar-refractivity contribution in [3.05, 3.63) is 7.11 Å². The van der Waals surface area contributed by atoms with E-state index in [-0.39, 0.29) is 50.9 Å². The second kappa shape index (κ2) is 29.7. The first-order valence-corrected chi connectivity index (χ1v) is 20.3. The first-order chi connectivity index (χ1) is 23.7. The summed E-state index contributed by atoms with van der Waals surface area (Å²) in [5, 5.41) is 2.43. The first kappa shape index (κ1) is 45.0. The highest BCUT2D eigenvalue weighted by Crippen LogP contribution is 2.43. The lowest BCUT2D eigenvalue weighted by atomic mass is 9.93. The molecule has 0 aliphatic heterocycles. The van der Waals surface area contributed by atoms with Gasteiger partial charge in [-0.2, -0.15) is 0 Å². The van der Waals surface area contributed by atoms with E-state index in [1.54, 1.807) is 0 Å². The second-order valence-electron chi connectivity index (χ2n) is 13.1. The summed E-state index contributed by atoms with van der Waals surface area (Å²) in [5.41, 5.74) is 0. The number of nitrogens with one attached hydrogen (secondary N) is 1. The molecule has 2 radical (unpaired) electrons. The van der Waals surface area contributed by atoms with E-state index in [0.717, 1.165) is 70.6 Å². The van der Waals surface area contributed by atoms with Gasteiger partial charge in [0.25, 0.3) is 0 Å². The smallest absolute Gasteiger partial charge is 0.461 e. The lowest BCUT2D eigenvalue weighted by molar-refractivity contribution is -0.163. The van der Waals surface area contributed by atoms with Gasteiger partial charge in [0.1, 0.15) is 6.61 Å². The molecule has 13 heteroatoms.